The van der Waals surface area contributed by atoms with Crippen molar-refractivity contribution in [2.24, 2.45) is 0 Å². The summed E-state index contributed by atoms with van der Waals surface area (Å²) in [6, 6.07) is 24.6. The van der Waals surface area contributed by atoms with Crippen LogP contribution in [-0.4, -0.2) is 51.5 Å². The molecule has 3 aromatic carbocycles. The molecule has 0 spiro atoms. The number of carbonyl (C=O) groups is 1. The summed E-state index contributed by atoms with van der Waals surface area (Å²) in [6.07, 6.45) is -2.98. The molecule has 0 radical (unpaired) electrons. The third-order valence-corrected chi connectivity index (χ3v) is 6.98. The Balaban J connectivity index is 0.000000541. The Morgan fingerprint density at radius 3 is 2.12 bits per heavy atom. The van der Waals surface area contributed by atoms with Crippen molar-refractivity contribution in [1.29, 1.82) is 0 Å². The topological polar surface area (TPSA) is 125 Å². The van der Waals surface area contributed by atoms with E-state index < -0.39 is 12.1 Å². The lowest BCUT2D eigenvalue weighted by Crippen LogP contribution is -2.21. The van der Waals surface area contributed by atoms with E-state index in [-0.39, 0.29) is 5.95 Å². The smallest absolute Gasteiger partial charge is 0.475 e. The highest BCUT2D eigenvalue weighted by Gasteiger charge is 2.38. The number of hydrogen-bond donors (Lipinski definition) is 3. The third kappa shape index (κ3) is 9.02. The zero-order valence-corrected chi connectivity index (χ0v) is 25.0. The summed E-state index contributed by atoms with van der Waals surface area (Å²) >= 11 is 2.36. The molecule has 5 aromatic rings. The van der Waals surface area contributed by atoms with Crippen molar-refractivity contribution < 1.29 is 32.5 Å². The summed E-state index contributed by atoms with van der Waals surface area (Å²) in [5.41, 5.74) is 10.3. The summed E-state index contributed by atoms with van der Waals surface area (Å²) < 4.78 is 46.8. The average molecular weight is 707 g/mol. The minimum Gasteiger partial charge on any atom is -0.475 e. The van der Waals surface area contributed by atoms with Gasteiger partial charge in [-0.05, 0) is 45.9 Å². The van der Waals surface area contributed by atoms with Gasteiger partial charge in [0.15, 0.2) is 0 Å². The van der Waals surface area contributed by atoms with Gasteiger partial charge in [0.1, 0.15) is 5.82 Å². The Morgan fingerprint density at radius 2 is 1.53 bits per heavy atom. The van der Waals surface area contributed by atoms with Crippen molar-refractivity contribution >= 4 is 62.1 Å². The van der Waals surface area contributed by atoms with E-state index >= 15 is 0 Å². The number of nitrogens with two attached hydrogens (primary N) is 1. The molecular formula is C30H29F3IN5O4. The number of carboxylic acids is 1. The first kappa shape index (κ1) is 32.0. The monoisotopic (exact) mass is 707 g/mol. The van der Waals surface area contributed by atoms with E-state index in [0.717, 1.165) is 43.3 Å². The van der Waals surface area contributed by atoms with E-state index in [2.05, 4.69) is 85.0 Å². The molecule has 5 rings (SSSR count). The Labute approximate surface area is 259 Å². The Hall–Kier alpha value is -3.95. The number of nitrogen functional groups attached to an aromatic ring is 1. The molecule has 0 aliphatic rings. The molecule has 0 amide bonds. The van der Waals surface area contributed by atoms with Crippen LogP contribution in [0.3, 0.4) is 0 Å². The summed E-state index contributed by atoms with van der Waals surface area (Å²) in [5, 5.41) is 12.6. The standard InChI is InChI=1S/C28H28IN5O2.C2HF3O2/c29-23-17-24-25(22-11-13-34(26(22)23)14-16-36-19-21-9-5-2-6-10-21)27(33-28(30)32-24)31-12-15-35-18-20-7-3-1-4-8-20;3-2(4,5)1(6)7/h1-11,13,17H,12,14-16,18-19H2,(H3,30,31,32,33);(H,6,7). The van der Waals surface area contributed by atoms with Gasteiger partial charge in [-0.15, -0.1) is 0 Å². The van der Waals surface area contributed by atoms with Gasteiger partial charge in [0.05, 0.1) is 42.8 Å². The predicted octanol–water partition coefficient (Wildman–Crippen LogP) is 6.25. The number of fused-ring (bicyclic) bond motifs is 3. The predicted molar refractivity (Wildman–Crippen MR) is 167 cm³/mol. The van der Waals surface area contributed by atoms with E-state index in [9.17, 15) is 13.2 Å². The molecule has 226 valence electrons. The molecule has 0 aliphatic carbocycles. The van der Waals surface area contributed by atoms with Gasteiger partial charge < -0.3 is 30.2 Å². The number of carboxylic acid groups (broad SMARTS) is 1. The lowest BCUT2D eigenvalue weighted by Gasteiger charge is -2.13. The summed E-state index contributed by atoms with van der Waals surface area (Å²) in [7, 11) is 0. The van der Waals surface area contributed by atoms with Crippen LogP contribution in [0.2, 0.25) is 0 Å². The molecule has 0 atom stereocenters. The number of aliphatic carboxylic acids is 1. The van der Waals surface area contributed by atoms with Gasteiger partial charge in [-0.3, -0.25) is 0 Å². The van der Waals surface area contributed by atoms with Gasteiger partial charge in [0, 0.05) is 28.2 Å². The molecule has 0 saturated heterocycles. The van der Waals surface area contributed by atoms with E-state index in [0.29, 0.717) is 33.0 Å². The average Bonchev–Trinajstić information content (AvgIpc) is 3.40. The molecule has 0 fully saturated rings. The van der Waals surface area contributed by atoms with Crippen LogP contribution in [0.15, 0.2) is 79.0 Å². The third-order valence-electron chi connectivity index (χ3n) is 6.16. The number of aromatic nitrogens is 3. The number of rotatable bonds is 11. The molecule has 2 aromatic heterocycles. The quantitative estimate of drug-likeness (QED) is 0.109. The van der Waals surface area contributed by atoms with Gasteiger partial charge in [0.2, 0.25) is 5.95 Å². The zero-order valence-electron chi connectivity index (χ0n) is 22.9. The lowest BCUT2D eigenvalue weighted by atomic mass is 10.1. The molecule has 0 unspecified atom stereocenters. The SMILES string of the molecule is Nc1nc(NCCOCc2ccccc2)c2c(cc(I)c3c2ccn3CCOCc2ccccc2)n1.O=C(O)C(F)(F)F. The number of hydrogen-bond acceptors (Lipinski definition) is 7. The minimum absolute atomic E-state index is 0.249. The maximum absolute atomic E-state index is 10.6. The number of ether oxygens (including phenoxy) is 2. The maximum Gasteiger partial charge on any atom is 0.490 e. The Morgan fingerprint density at radius 1 is 0.953 bits per heavy atom. The van der Waals surface area contributed by atoms with E-state index in [4.69, 9.17) is 25.1 Å². The van der Waals surface area contributed by atoms with Crippen molar-refractivity contribution in [3.8, 4) is 0 Å². The highest BCUT2D eigenvalue weighted by Crippen LogP contribution is 2.34. The highest BCUT2D eigenvalue weighted by atomic mass is 127. The maximum atomic E-state index is 10.6. The second-order valence-electron chi connectivity index (χ2n) is 9.26. The van der Waals surface area contributed by atoms with E-state index in [1.807, 2.05) is 36.4 Å². The van der Waals surface area contributed by atoms with Gasteiger partial charge in [-0.25, -0.2) is 9.78 Å². The van der Waals surface area contributed by atoms with Crippen molar-refractivity contribution in [2.75, 3.05) is 30.8 Å². The summed E-state index contributed by atoms with van der Waals surface area (Å²) in [6.45, 7) is 3.71. The number of alkyl halides is 3. The first-order chi connectivity index (χ1) is 20.6. The number of nitrogens with zero attached hydrogens (tertiary/aromatic N) is 3. The second kappa shape index (κ2) is 15.0. The highest BCUT2D eigenvalue weighted by molar-refractivity contribution is 14.1. The molecule has 4 N–H and O–H groups in total. The minimum atomic E-state index is -5.08. The molecule has 43 heavy (non-hydrogen) atoms. The molecule has 13 heteroatoms. The van der Waals surface area contributed by atoms with Crippen molar-refractivity contribution in [3.05, 3.63) is 93.7 Å². The molecule has 0 saturated carbocycles. The fraction of sp³-hybridized carbons (Fsp3) is 0.233. The first-order valence-corrected chi connectivity index (χ1v) is 14.2. The lowest BCUT2D eigenvalue weighted by molar-refractivity contribution is -0.192. The van der Waals surface area contributed by atoms with Crippen LogP contribution in [0.25, 0.3) is 21.8 Å². The van der Waals surface area contributed by atoms with Crippen LogP contribution in [-0.2, 0) is 34.0 Å². The van der Waals surface area contributed by atoms with Gasteiger partial charge >= 0.3 is 12.1 Å². The zero-order chi connectivity index (χ0) is 30.8. The van der Waals surface area contributed by atoms with Crippen LogP contribution in [0.4, 0.5) is 24.9 Å². The summed E-state index contributed by atoms with van der Waals surface area (Å²) in [4.78, 5) is 17.9. The van der Waals surface area contributed by atoms with Gasteiger partial charge in [-0.1, -0.05) is 60.7 Å². The van der Waals surface area contributed by atoms with Crippen molar-refractivity contribution in [3.63, 3.8) is 0 Å². The van der Waals surface area contributed by atoms with Gasteiger partial charge in [0.25, 0.3) is 0 Å². The van der Waals surface area contributed by atoms with Crippen LogP contribution in [0.1, 0.15) is 11.1 Å². The van der Waals surface area contributed by atoms with Crippen molar-refractivity contribution in [1.82, 2.24) is 14.5 Å². The Kier molecular flexibility index (Phi) is 11.1. The molecule has 9 nitrogen and oxygen atoms in total. The number of halogens is 4. The fourth-order valence-corrected chi connectivity index (χ4v) is 5.14. The van der Waals surface area contributed by atoms with Crippen LogP contribution >= 0.6 is 22.6 Å². The molecule has 2 heterocycles. The van der Waals surface area contributed by atoms with E-state index in [1.165, 1.54) is 5.56 Å². The number of nitrogens with one attached hydrogen (secondary N) is 1. The molecule has 0 aliphatic heterocycles. The van der Waals surface area contributed by atoms with Crippen LogP contribution < -0.4 is 11.1 Å². The van der Waals surface area contributed by atoms with E-state index in [1.54, 1.807) is 0 Å². The van der Waals surface area contributed by atoms with Crippen LogP contribution in [0.5, 0.6) is 0 Å². The molecular weight excluding hydrogens is 678 g/mol. The van der Waals surface area contributed by atoms with Crippen molar-refractivity contribution in [2.45, 2.75) is 25.9 Å². The normalized spacial score (nSPS) is 11.3. The molecule has 0 bridgehead atoms. The number of benzene rings is 3. The second-order valence-corrected chi connectivity index (χ2v) is 10.4. The van der Waals surface area contributed by atoms with Crippen LogP contribution in [0, 0.1) is 3.57 Å². The largest absolute Gasteiger partial charge is 0.490 e. The Bertz CT molecular complexity index is 1650. The first-order valence-electron chi connectivity index (χ1n) is 13.2. The summed E-state index contributed by atoms with van der Waals surface area (Å²) in [5.74, 6) is -1.79. The number of anilines is 2. The fourth-order valence-electron chi connectivity index (χ4n) is 4.24. The van der Waals surface area contributed by atoms with Gasteiger partial charge in [-0.2, -0.15) is 18.2 Å².